The number of benzene rings is 1. The molecule has 0 unspecified atom stereocenters. The Morgan fingerprint density at radius 1 is 1.22 bits per heavy atom. The summed E-state index contributed by atoms with van der Waals surface area (Å²) in [6.07, 6.45) is 7.89. The first kappa shape index (κ1) is 26.1. The molecular formula is C23H33NO7S. The van der Waals surface area contributed by atoms with Crippen LogP contribution in [0.5, 0.6) is 5.75 Å². The minimum Gasteiger partial charge on any atom is -0.491 e. The molecule has 2 rings (SSSR count). The number of aliphatic hydroxyl groups is 3. The van der Waals surface area contributed by atoms with Crippen LogP contribution in [0, 0.1) is 11.8 Å². The zero-order valence-electron chi connectivity index (χ0n) is 18.2. The molecule has 1 aliphatic rings. The monoisotopic (exact) mass is 467 g/mol. The molecule has 4 N–H and O–H groups in total. The third kappa shape index (κ3) is 9.52. The van der Waals surface area contributed by atoms with Crippen molar-refractivity contribution in [2.75, 3.05) is 12.9 Å². The van der Waals surface area contributed by atoms with Crippen LogP contribution >= 0.6 is 0 Å². The largest absolute Gasteiger partial charge is 0.491 e. The summed E-state index contributed by atoms with van der Waals surface area (Å²) in [5.74, 6) is -0.349. The predicted molar refractivity (Wildman–Crippen MR) is 121 cm³/mol. The fraction of sp³-hybridized carbons (Fsp3) is 0.522. The average Bonchev–Trinajstić information content (AvgIpc) is 2.99. The molecule has 1 aromatic carbocycles. The molecule has 1 fully saturated rings. The van der Waals surface area contributed by atoms with Crippen molar-refractivity contribution in [1.29, 1.82) is 0 Å². The second-order valence-corrected chi connectivity index (χ2v) is 9.83. The molecule has 1 amide bonds. The average molecular weight is 468 g/mol. The Kier molecular flexibility index (Phi) is 10.4. The predicted octanol–water partition coefficient (Wildman–Crippen LogP) is 1.53. The number of amides is 1. The highest BCUT2D eigenvalue weighted by molar-refractivity contribution is 7.89. The van der Waals surface area contributed by atoms with Crippen LogP contribution < -0.4 is 9.46 Å². The first-order valence-corrected chi connectivity index (χ1v) is 12.6. The SMILES string of the molecule is CS(=O)(=O)NC(=O)CCC/C=C\C[C@@H]1[C@@H](/C=C/[C@@H](O)COc2ccccc2)[C@H](O)C[C@@H]1O. The van der Waals surface area contributed by atoms with Crippen molar-refractivity contribution in [3.8, 4) is 5.75 Å². The van der Waals surface area contributed by atoms with Crippen molar-refractivity contribution in [3.63, 3.8) is 0 Å². The van der Waals surface area contributed by atoms with Crippen molar-refractivity contribution in [2.24, 2.45) is 11.8 Å². The number of carbonyl (C=O) groups excluding carboxylic acids is 1. The van der Waals surface area contributed by atoms with Crippen molar-refractivity contribution >= 4 is 15.9 Å². The van der Waals surface area contributed by atoms with Gasteiger partial charge in [0.25, 0.3) is 0 Å². The summed E-state index contributed by atoms with van der Waals surface area (Å²) in [5.41, 5.74) is 0. The van der Waals surface area contributed by atoms with Gasteiger partial charge in [0.15, 0.2) is 0 Å². The van der Waals surface area contributed by atoms with Crippen molar-refractivity contribution in [2.45, 2.75) is 50.4 Å². The van der Waals surface area contributed by atoms with E-state index in [1.165, 1.54) is 0 Å². The van der Waals surface area contributed by atoms with Gasteiger partial charge in [0.1, 0.15) is 18.5 Å². The second kappa shape index (κ2) is 12.7. The number of unbranched alkanes of at least 4 members (excludes halogenated alkanes) is 1. The van der Waals surface area contributed by atoms with E-state index in [2.05, 4.69) is 0 Å². The molecule has 0 heterocycles. The summed E-state index contributed by atoms with van der Waals surface area (Å²) < 4.78 is 29.4. The van der Waals surface area contributed by atoms with Crippen LogP contribution in [0.25, 0.3) is 0 Å². The molecule has 1 aliphatic carbocycles. The lowest BCUT2D eigenvalue weighted by molar-refractivity contribution is -0.119. The number of allylic oxidation sites excluding steroid dienone is 2. The van der Waals surface area contributed by atoms with Crippen LogP contribution in [0.15, 0.2) is 54.6 Å². The molecular weight excluding hydrogens is 434 g/mol. The molecule has 5 atom stereocenters. The fourth-order valence-corrected chi connectivity index (χ4v) is 4.24. The van der Waals surface area contributed by atoms with E-state index in [0.29, 0.717) is 25.0 Å². The lowest BCUT2D eigenvalue weighted by Gasteiger charge is -2.19. The molecule has 0 bridgehead atoms. The van der Waals surface area contributed by atoms with Crippen LogP contribution in [-0.2, 0) is 14.8 Å². The van der Waals surface area contributed by atoms with E-state index in [1.54, 1.807) is 24.3 Å². The molecule has 0 aliphatic heterocycles. The molecule has 9 heteroatoms. The summed E-state index contributed by atoms with van der Waals surface area (Å²) in [7, 11) is -3.53. The number of hydrogen-bond donors (Lipinski definition) is 4. The number of rotatable bonds is 12. The highest BCUT2D eigenvalue weighted by Gasteiger charge is 2.39. The summed E-state index contributed by atoms with van der Waals surface area (Å²) in [6, 6.07) is 9.16. The van der Waals surface area contributed by atoms with Gasteiger partial charge in [-0.25, -0.2) is 8.42 Å². The van der Waals surface area contributed by atoms with Gasteiger partial charge in [-0.2, -0.15) is 0 Å². The van der Waals surface area contributed by atoms with Crippen LogP contribution in [0.4, 0.5) is 0 Å². The number of sulfonamides is 1. The van der Waals surface area contributed by atoms with Gasteiger partial charge in [0.05, 0.1) is 18.5 Å². The van der Waals surface area contributed by atoms with Gasteiger partial charge >= 0.3 is 0 Å². The van der Waals surface area contributed by atoms with Crippen LogP contribution in [0.3, 0.4) is 0 Å². The Bertz CT molecular complexity index is 870. The maximum Gasteiger partial charge on any atom is 0.233 e. The third-order valence-corrected chi connectivity index (χ3v) is 5.88. The van der Waals surface area contributed by atoms with E-state index in [4.69, 9.17) is 4.74 Å². The number of aliphatic hydroxyl groups excluding tert-OH is 3. The number of para-hydroxylation sites is 1. The number of ether oxygens (including phenoxy) is 1. The van der Waals surface area contributed by atoms with E-state index >= 15 is 0 Å². The van der Waals surface area contributed by atoms with Crippen molar-refractivity contribution < 1.29 is 33.3 Å². The van der Waals surface area contributed by atoms with E-state index in [1.807, 2.05) is 35.1 Å². The maximum absolute atomic E-state index is 11.5. The van der Waals surface area contributed by atoms with E-state index in [9.17, 15) is 28.5 Å². The molecule has 0 saturated heterocycles. The molecule has 1 saturated carbocycles. The highest BCUT2D eigenvalue weighted by Crippen LogP contribution is 2.36. The molecule has 0 spiro atoms. The van der Waals surface area contributed by atoms with Gasteiger partial charge in [-0.15, -0.1) is 0 Å². The first-order chi connectivity index (χ1) is 15.2. The smallest absolute Gasteiger partial charge is 0.233 e. The summed E-state index contributed by atoms with van der Waals surface area (Å²) >= 11 is 0. The Morgan fingerprint density at radius 3 is 2.62 bits per heavy atom. The molecule has 0 aromatic heterocycles. The molecule has 0 radical (unpaired) electrons. The third-order valence-electron chi connectivity index (χ3n) is 5.28. The summed E-state index contributed by atoms with van der Waals surface area (Å²) in [6.45, 7) is 0.0867. The Hall–Kier alpha value is -2.20. The normalized spacial score (nSPS) is 24.8. The lowest BCUT2D eigenvalue weighted by atomic mass is 9.89. The van der Waals surface area contributed by atoms with E-state index in [-0.39, 0.29) is 31.3 Å². The Labute approximate surface area is 189 Å². The van der Waals surface area contributed by atoms with E-state index in [0.717, 1.165) is 6.26 Å². The maximum atomic E-state index is 11.5. The standard InChI is InChI=1S/C23H33NO7S/c1-32(29,30)24-23(28)12-8-3-2-7-11-19-20(22(27)15-21(19)26)14-13-17(25)16-31-18-9-5-4-6-10-18/h2,4-7,9-10,13-14,17,19-22,25-27H,3,8,11-12,15-16H2,1H3,(H,24,28)/b7-2-,14-13+/t17-,19-,20-,21+,22-/m1/s1. The second-order valence-electron chi connectivity index (χ2n) is 8.08. The van der Waals surface area contributed by atoms with Crippen LogP contribution in [0.2, 0.25) is 0 Å². The number of hydrogen-bond acceptors (Lipinski definition) is 7. The van der Waals surface area contributed by atoms with Gasteiger partial charge in [-0.3, -0.25) is 9.52 Å². The Balaban J connectivity index is 1.77. The zero-order chi connectivity index (χ0) is 23.6. The van der Waals surface area contributed by atoms with Crippen LogP contribution in [0.1, 0.15) is 32.1 Å². The molecule has 8 nitrogen and oxygen atoms in total. The molecule has 32 heavy (non-hydrogen) atoms. The van der Waals surface area contributed by atoms with Crippen LogP contribution in [-0.4, -0.2) is 60.8 Å². The fourth-order valence-electron chi connectivity index (χ4n) is 3.73. The summed E-state index contributed by atoms with van der Waals surface area (Å²) in [5, 5.41) is 30.8. The van der Waals surface area contributed by atoms with Gasteiger partial charge < -0.3 is 20.1 Å². The highest BCUT2D eigenvalue weighted by atomic mass is 32.2. The van der Waals surface area contributed by atoms with Gasteiger partial charge in [0.2, 0.25) is 15.9 Å². The first-order valence-electron chi connectivity index (χ1n) is 10.7. The Morgan fingerprint density at radius 2 is 1.94 bits per heavy atom. The number of carbonyl (C=O) groups is 1. The van der Waals surface area contributed by atoms with Crippen molar-refractivity contribution in [1.82, 2.24) is 4.72 Å². The molecule has 178 valence electrons. The molecule has 1 aromatic rings. The minimum absolute atomic E-state index is 0.0867. The van der Waals surface area contributed by atoms with Gasteiger partial charge in [0, 0.05) is 18.8 Å². The zero-order valence-corrected chi connectivity index (χ0v) is 19.0. The summed E-state index contributed by atoms with van der Waals surface area (Å²) in [4.78, 5) is 11.5. The lowest BCUT2D eigenvalue weighted by Crippen LogP contribution is -2.28. The van der Waals surface area contributed by atoms with Crippen molar-refractivity contribution in [3.05, 3.63) is 54.6 Å². The van der Waals surface area contributed by atoms with E-state index < -0.39 is 34.2 Å². The van der Waals surface area contributed by atoms with Gasteiger partial charge in [-0.1, -0.05) is 42.5 Å². The topological polar surface area (TPSA) is 133 Å². The quantitative estimate of drug-likeness (QED) is 0.271. The van der Waals surface area contributed by atoms with Gasteiger partial charge in [-0.05, 0) is 37.3 Å². The minimum atomic E-state index is -3.53. The number of nitrogens with one attached hydrogen (secondary N) is 1.